The molecule has 2 aromatic rings. The molecule has 0 aromatic carbocycles. The third kappa shape index (κ3) is 3.05. The Hall–Kier alpha value is -1.31. The molecule has 0 spiro atoms. The van der Waals surface area contributed by atoms with Crippen LogP contribution in [0.4, 0.5) is 0 Å². The van der Waals surface area contributed by atoms with Crippen molar-refractivity contribution in [3.63, 3.8) is 0 Å². The van der Waals surface area contributed by atoms with Gasteiger partial charge in [-0.3, -0.25) is 4.90 Å². The first-order chi connectivity index (χ1) is 9.74. The summed E-state index contributed by atoms with van der Waals surface area (Å²) in [5.41, 5.74) is 6.77. The van der Waals surface area contributed by atoms with Crippen LogP contribution in [0.1, 0.15) is 40.1 Å². The predicted octanol–water partition coefficient (Wildman–Crippen LogP) is 1.50. The number of hydrogen-bond acceptors (Lipinski definition) is 7. The molecule has 2 aromatic heterocycles. The Balaban J connectivity index is 1.60. The fourth-order valence-electron chi connectivity index (χ4n) is 2.44. The van der Waals surface area contributed by atoms with Crippen LogP contribution < -0.4 is 5.73 Å². The molecule has 0 amide bonds. The van der Waals surface area contributed by atoms with Crippen LogP contribution in [0.2, 0.25) is 0 Å². The van der Waals surface area contributed by atoms with Gasteiger partial charge in [-0.25, -0.2) is 4.98 Å². The average molecular weight is 293 g/mol. The first-order valence-electron chi connectivity index (χ1n) is 6.92. The van der Waals surface area contributed by atoms with Crippen molar-refractivity contribution in [3.8, 4) is 0 Å². The van der Waals surface area contributed by atoms with E-state index < -0.39 is 0 Å². The first kappa shape index (κ1) is 13.7. The number of aromatic nitrogens is 3. The summed E-state index contributed by atoms with van der Waals surface area (Å²) in [5.74, 6) is 1.16. The average Bonchev–Trinajstić information content (AvgIpc) is 3.04. The highest BCUT2D eigenvalue weighted by Gasteiger charge is 2.16. The molecule has 0 fully saturated rings. The summed E-state index contributed by atoms with van der Waals surface area (Å²) in [7, 11) is 2.04. The summed E-state index contributed by atoms with van der Waals surface area (Å²) in [5, 5.41) is 5.09. The van der Waals surface area contributed by atoms with Gasteiger partial charge in [0.05, 0.1) is 25.3 Å². The lowest BCUT2D eigenvalue weighted by molar-refractivity contribution is 0.299. The highest BCUT2D eigenvalue weighted by molar-refractivity contribution is 7.11. The maximum Gasteiger partial charge on any atom is 0.240 e. The minimum absolute atomic E-state index is 0.288. The van der Waals surface area contributed by atoms with Crippen LogP contribution in [0, 0.1) is 0 Å². The molecule has 7 heteroatoms. The summed E-state index contributed by atoms with van der Waals surface area (Å²) >= 11 is 1.85. The predicted molar refractivity (Wildman–Crippen MR) is 76.1 cm³/mol. The van der Waals surface area contributed by atoms with Crippen LogP contribution >= 0.6 is 11.3 Å². The van der Waals surface area contributed by atoms with Crippen molar-refractivity contribution in [1.82, 2.24) is 20.0 Å². The van der Waals surface area contributed by atoms with Crippen LogP contribution in [0.5, 0.6) is 0 Å². The van der Waals surface area contributed by atoms with Crippen LogP contribution in [-0.2, 0) is 32.5 Å². The highest BCUT2D eigenvalue weighted by atomic mass is 32.1. The fourth-order valence-corrected chi connectivity index (χ4v) is 3.68. The van der Waals surface area contributed by atoms with E-state index in [-0.39, 0.29) is 6.54 Å². The van der Waals surface area contributed by atoms with E-state index in [9.17, 15) is 0 Å². The zero-order valence-electron chi connectivity index (χ0n) is 11.6. The number of thiazole rings is 1. The van der Waals surface area contributed by atoms with Gasteiger partial charge in [0.1, 0.15) is 5.01 Å². The highest BCUT2D eigenvalue weighted by Crippen LogP contribution is 2.27. The Kier molecular flexibility index (Phi) is 4.09. The first-order valence-corrected chi connectivity index (χ1v) is 7.74. The van der Waals surface area contributed by atoms with E-state index in [0.717, 1.165) is 13.0 Å². The molecule has 0 aliphatic heterocycles. The van der Waals surface area contributed by atoms with Crippen molar-refractivity contribution >= 4 is 11.3 Å². The monoisotopic (exact) mass is 293 g/mol. The van der Waals surface area contributed by atoms with Crippen LogP contribution in [-0.4, -0.2) is 27.1 Å². The summed E-state index contributed by atoms with van der Waals surface area (Å²) in [6.45, 7) is 1.76. The number of aryl methyl sites for hydroxylation is 2. The normalized spacial score (nSPS) is 14.8. The second kappa shape index (κ2) is 5.99. The van der Waals surface area contributed by atoms with Crippen LogP contribution in [0.15, 0.2) is 4.52 Å². The molecule has 108 valence electrons. The number of nitrogens with zero attached hydrogens (tertiary/aromatic N) is 4. The molecule has 20 heavy (non-hydrogen) atoms. The van der Waals surface area contributed by atoms with Crippen molar-refractivity contribution in [2.75, 3.05) is 7.05 Å². The zero-order valence-corrected chi connectivity index (χ0v) is 12.4. The van der Waals surface area contributed by atoms with Crippen molar-refractivity contribution < 1.29 is 4.52 Å². The number of nitrogens with two attached hydrogens (primary N) is 1. The number of fused-ring (bicyclic) bond motifs is 1. The van der Waals surface area contributed by atoms with Gasteiger partial charge in [0.2, 0.25) is 5.89 Å². The summed E-state index contributed by atoms with van der Waals surface area (Å²) in [4.78, 5) is 12.6. The molecule has 0 saturated heterocycles. The quantitative estimate of drug-likeness (QED) is 0.899. The van der Waals surface area contributed by atoms with Crippen LogP contribution in [0.3, 0.4) is 0 Å². The number of hydrogen-bond donors (Lipinski definition) is 1. The zero-order chi connectivity index (χ0) is 13.9. The molecule has 0 unspecified atom stereocenters. The van der Waals surface area contributed by atoms with E-state index in [2.05, 4.69) is 15.0 Å². The SMILES string of the molecule is CN(Cc1noc(CN)n1)Cc1nc2c(s1)CCCC2. The van der Waals surface area contributed by atoms with Crippen molar-refractivity contribution in [2.24, 2.45) is 5.73 Å². The van der Waals surface area contributed by atoms with Gasteiger partial charge in [-0.1, -0.05) is 5.16 Å². The maximum absolute atomic E-state index is 5.46. The minimum atomic E-state index is 0.288. The third-order valence-electron chi connectivity index (χ3n) is 3.39. The molecular formula is C13H19N5OS. The molecular weight excluding hydrogens is 274 g/mol. The van der Waals surface area contributed by atoms with Gasteiger partial charge in [-0.2, -0.15) is 4.98 Å². The van der Waals surface area contributed by atoms with E-state index in [1.54, 1.807) is 0 Å². The Morgan fingerprint density at radius 1 is 1.25 bits per heavy atom. The Labute approximate surface area is 122 Å². The van der Waals surface area contributed by atoms with E-state index in [4.69, 9.17) is 15.2 Å². The fraction of sp³-hybridized carbons (Fsp3) is 0.615. The van der Waals surface area contributed by atoms with E-state index in [0.29, 0.717) is 18.3 Å². The molecule has 1 aliphatic carbocycles. The standard InChI is InChI=1S/C13H19N5OS/c1-18(7-11-16-12(6-14)19-17-11)8-13-15-9-4-2-3-5-10(9)20-13/h2-8,14H2,1H3. The van der Waals surface area contributed by atoms with Gasteiger partial charge in [0, 0.05) is 4.88 Å². The van der Waals surface area contributed by atoms with E-state index in [1.165, 1.54) is 34.8 Å². The molecule has 3 rings (SSSR count). The molecule has 0 atom stereocenters. The van der Waals surface area contributed by atoms with Gasteiger partial charge >= 0.3 is 0 Å². The van der Waals surface area contributed by atoms with Gasteiger partial charge in [0.25, 0.3) is 0 Å². The van der Waals surface area contributed by atoms with Gasteiger partial charge in [0.15, 0.2) is 5.82 Å². The van der Waals surface area contributed by atoms with Gasteiger partial charge < -0.3 is 10.3 Å². The van der Waals surface area contributed by atoms with Crippen molar-refractivity contribution in [3.05, 3.63) is 27.3 Å². The van der Waals surface area contributed by atoms with Crippen molar-refractivity contribution in [2.45, 2.75) is 45.3 Å². The maximum atomic E-state index is 5.46. The minimum Gasteiger partial charge on any atom is -0.338 e. The third-order valence-corrected chi connectivity index (χ3v) is 4.53. The Morgan fingerprint density at radius 3 is 2.85 bits per heavy atom. The van der Waals surface area contributed by atoms with Crippen LogP contribution in [0.25, 0.3) is 0 Å². The molecule has 1 aliphatic rings. The number of rotatable bonds is 5. The lowest BCUT2D eigenvalue weighted by Gasteiger charge is -2.11. The second-order valence-corrected chi connectivity index (χ2v) is 6.33. The topological polar surface area (TPSA) is 81.1 Å². The summed E-state index contributed by atoms with van der Waals surface area (Å²) in [6.07, 6.45) is 4.91. The largest absolute Gasteiger partial charge is 0.338 e. The molecule has 0 saturated carbocycles. The van der Waals surface area contributed by atoms with E-state index in [1.807, 2.05) is 18.4 Å². The molecule has 2 N–H and O–H groups in total. The molecule has 2 heterocycles. The molecule has 6 nitrogen and oxygen atoms in total. The van der Waals surface area contributed by atoms with Gasteiger partial charge in [-0.05, 0) is 32.7 Å². The van der Waals surface area contributed by atoms with Crippen molar-refractivity contribution in [1.29, 1.82) is 0 Å². The Bertz CT molecular complexity index is 556. The molecule has 0 bridgehead atoms. The summed E-state index contributed by atoms with van der Waals surface area (Å²) < 4.78 is 5.01. The lowest BCUT2D eigenvalue weighted by atomic mass is 10.0. The van der Waals surface area contributed by atoms with E-state index >= 15 is 0 Å². The molecule has 0 radical (unpaired) electrons. The summed E-state index contributed by atoms with van der Waals surface area (Å²) in [6, 6.07) is 0. The lowest BCUT2D eigenvalue weighted by Crippen LogP contribution is -2.18. The van der Waals surface area contributed by atoms with Gasteiger partial charge in [-0.15, -0.1) is 11.3 Å². The smallest absolute Gasteiger partial charge is 0.240 e. The second-order valence-electron chi connectivity index (χ2n) is 5.17. The Morgan fingerprint density at radius 2 is 2.10 bits per heavy atom.